The number of piperazine rings is 1. The molecule has 2 amide bonds. The molecule has 1 fully saturated rings. The first kappa shape index (κ1) is 14.0. The molecule has 1 unspecified atom stereocenters. The standard InChI is InChI=1S/C13H19N3O2S/c1-3-15-12(17)10-8-14-6-7-16(10)13(18)11-5-4-9(2)19-11/h4-5,10,14H,3,6-8H2,1-2H3,(H,15,17). The Bertz CT molecular complexity index is 472. The fourth-order valence-corrected chi connectivity index (χ4v) is 2.99. The summed E-state index contributed by atoms with van der Waals surface area (Å²) in [6, 6.07) is 3.35. The third-order valence-corrected chi connectivity index (χ3v) is 4.10. The van der Waals surface area contributed by atoms with Gasteiger partial charge in [-0.3, -0.25) is 9.59 Å². The SMILES string of the molecule is CCNC(=O)C1CNCCN1C(=O)c1ccc(C)s1. The maximum Gasteiger partial charge on any atom is 0.264 e. The fraction of sp³-hybridized carbons (Fsp3) is 0.538. The van der Waals surface area contributed by atoms with Crippen LogP contribution in [0.25, 0.3) is 0 Å². The first-order valence-electron chi connectivity index (χ1n) is 6.49. The number of hydrogen-bond acceptors (Lipinski definition) is 4. The molecular formula is C13H19N3O2S. The maximum atomic E-state index is 12.5. The Hall–Kier alpha value is -1.40. The molecule has 6 heteroatoms. The van der Waals surface area contributed by atoms with Gasteiger partial charge in [-0.15, -0.1) is 11.3 Å². The predicted octanol–water partition coefficient (Wildman–Crippen LogP) is 0.607. The van der Waals surface area contributed by atoms with Crippen LogP contribution in [0.15, 0.2) is 12.1 Å². The minimum absolute atomic E-state index is 0.0455. The van der Waals surface area contributed by atoms with Gasteiger partial charge in [-0.1, -0.05) is 0 Å². The first-order valence-corrected chi connectivity index (χ1v) is 7.31. The van der Waals surface area contributed by atoms with Crippen molar-refractivity contribution in [1.82, 2.24) is 15.5 Å². The van der Waals surface area contributed by atoms with Gasteiger partial charge in [0.1, 0.15) is 6.04 Å². The van der Waals surface area contributed by atoms with Crippen LogP contribution in [0.1, 0.15) is 21.5 Å². The van der Waals surface area contributed by atoms with Gasteiger partial charge in [-0.2, -0.15) is 0 Å². The predicted molar refractivity (Wildman–Crippen MR) is 75.4 cm³/mol. The highest BCUT2D eigenvalue weighted by Gasteiger charge is 2.32. The van der Waals surface area contributed by atoms with Gasteiger partial charge in [-0.05, 0) is 26.0 Å². The molecule has 104 valence electrons. The average Bonchev–Trinajstić information content (AvgIpc) is 2.85. The monoisotopic (exact) mass is 281 g/mol. The highest BCUT2D eigenvalue weighted by atomic mass is 32.1. The van der Waals surface area contributed by atoms with Gasteiger partial charge in [0.2, 0.25) is 5.91 Å². The van der Waals surface area contributed by atoms with Gasteiger partial charge in [0.05, 0.1) is 4.88 Å². The lowest BCUT2D eigenvalue weighted by atomic mass is 10.1. The van der Waals surface area contributed by atoms with Crippen molar-refractivity contribution in [2.75, 3.05) is 26.2 Å². The molecular weight excluding hydrogens is 262 g/mol. The number of carbonyl (C=O) groups excluding carboxylic acids is 2. The van der Waals surface area contributed by atoms with E-state index in [2.05, 4.69) is 10.6 Å². The molecule has 0 spiro atoms. The molecule has 0 bridgehead atoms. The molecule has 1 saturated heterocycles. The molecule has 0 radical (unpaired) electrons. The number of nitrogens with zero attached hydrogens (tertiary/aromatic N) is 1. The molecule has 0 aromatic carbocycles. The van der Waals surface area contributed by atoms with Crippen LogP contribution in [0.3, 0.4) is 0 Å². The van der Waals surface area contributed by atoms with Gasteiger partial charge >= 0.3 is 0 Å². The third-order valence-electron chi connectivity index (χ3n) is 3.11. The molecule has 2 N–H and O–H groups in total. The second-order valence-corrected chi connectivity index (χ2v) is 5.81. The first-order chi connectivity index (χ1) is 9.13. The lowest BCUT2D eigenvalue weighted by Gasteiger charge is -2.34. The Morgan fingerprint density at radius 3 is 2.95 bits per heavy atom. The van der Waals surface area contributed by atoms with E-state index >= 15 is 0 Å². The van der Waals surface area contributed by atoms with E-state index in [1.165, 1.54) is 11.3 Å². The average molecular weight is 281 g/mol. The van der Waals surface area contributed by atoms with Crippen LogP contribution in [-0.4, -0.2) is 48.9 Å². The summed E-state index contributed by atoms with van der Waals surface area (Å²) < 4.78 is 0. The van der Waals surface area contributed by atoms with Crippen molar-refractivity contribution in [3.63, 3.8) is 0 Å². The lowest BCUT2D eigenvalue weighted by molar-refractivity contribution is -0.126. The number of carbonyl (C=O) groups is 2. The number of hydrogen-bond donors (Lipinski definition) is 2. The summed E-state index contributed by atoms with van der Waals surface area (Å²) in [7, 11) is 0. The molecule has 0 saturated carbocycles. The van der Waals surface area contributed by atoms with Gasteiger partial charge in [0.15, 0.2) is 0 Å². The molecule has 1 aliphatic heterocycles. The van der Waals surface area contributed by atoms with E-state index in [-0.39, 0.29) is 11.8 Å². The van der Waals surface area contributed by atoms with Gasteiger partial charge in [0.25, 0.3) is 5.91 Å². The minimum Gasteiger partial charge on any atom is -0.355 e. The molecule has 2 rings (SSSR count). The van der Waals surface area contributed by atoms with Crippen LogP contribution < -0.4 is 10.6 Å². The zero-order valence-electron chi connectivity index (χ0n) is 11.2. The summed E-state index contributed by atoms with van der Waals surface area (Å²) in [4.78, 5) is 27.9. The van der Waals surface area contributed by atoms with Crippen LogP contribution in [0.4, 0.5) is 0 Å². The number of aryl methyl sites for hydroxylation is 1. The maximum absolute atomic E-state index is 12.5. The van der Waals surface area contributed by atoms with Crippen molar-refractivity contribution in [1.29, 1.82) is 0 Å². The van der Waals surface area contributed by atoms with Crippen molar-refractivity contribution in [2.45, 2.75) is 19.9 Å². The summed E-state index contributed by atoms with van der Waals surface area (Å²) in [5.41, 5.74) is 0. The summed E-state index contributed by atoms with van der Waals surface area (Å²) in [5, 5.41) is 5.95. The zero-order valence-corrected chi connectivity index (χ0v) is 12.0. The van der Waals surface area contributed by atoms with Crippen molar-refractivity contribution >= 4 is 23.2 Å². The number of rotatable bonds is 3. The number of likely N-dealkylation sites (N-methyl/N-ethyl adjacent to an activating group) is 1. The summed E-state index contributed by atoms with van der Waals surface area (Å²) in [6.45, 7) is 6.24. The molecule has 1 aliphatic rings. The van der Waals surface area contributed by atoms with Gasteiger partial charge in [0, 0.05) is 31.1 Å². The van der Waals surface area contributed by atoms with E-state index in [0.717, 1.165) is 11.4 Å². The molecule has 0 aliphatic carbocycles. The van der Waals surface area contributed by atoms with Gasteiger partial charge < -0.3 is 15.5 Å². The highest BCUT2D eigenvalue weighted by molar-refractivity contribution is 7.13. The molecule has 19 heavy (non-hydrogen) atoms. The quantitative estimate of drug-likeness (QED) is 0.853. The topological polar surface area (TPSA) is 61.4 Å². The van der Waals surface area contributed by atoms with Crippen molar-refractivity contribution in [2.24, 2.45) is 0 Å². The van der Waals surface area contributed by atoms with Crippen LogP contribution in [0.5, 0.6) is 0 Å². The van der Waals surface area contributed by atoms with E-state index in [0.29, 0.717) is 24.5 Å². The van der Waals surface area contributed by atoms with E-state index in [1.54, 1.807) is 4.90 Å². The fourth-order valence-electron chi connectivity index (χ4n) is 2.16. The summed E-state index contributed by atoms with van der Waals surface area (Å²) in [6.07, 6.45) is 0. The van der Waals surface area contributed by atoms with Crippen LogP contribution in [-0.2, 0) is 4.79 Å². The Morgan fingerprint density at radius 2 is 2.32 bits per heavy atom. The number of thiophene rings is 1. The normalized spacial score (nSPS) is 19.3. The van der Waals surface area contributed by atoms with Crippen molar-refractivity contribution in [3.05, 3.63) is 21.9 Å². The van der Waals surface area contributed by atoms with Crippen molar-refractivity contribution in [3.8, 4) is 0 Å². The van der Waals surface area contributed by atoms with E-state index in [4.69, 9.17) is 0 Å². The third kappa shape index (κ3) is 3.13. The van der Waals surface area contributed by atoms with Crippen LogP contribution >= 0.6 is 11.3 Å². The van der Waals surface area contributed by atoms with Crippen molar-refractivity contribution < 1.29 is 9.59 Å². The smallest absolute Gasteiger partial charge is 0.264 e. The Balaban J connectivity index is 2.15. The lowest BCUT2D eigenvalue weighted by Crippen LogP contribution is -2.59. The van der Waals surface area contributed by atoms with Crippen LogP contribution in [0, 0.1) is 6.92 Å². The Labute approximate surface area is 117 Å². The second-order valence-electron chi connectivity index (χ2n) is 4.52. The summed E-state index contributed by atoms with van der Waals surface area (Å²) in [5.74, 6) is -0.132. The summed E-state index contributed by atoms with van der Waals surface area (Å²) >= 11 is 1.47. The molecule has 5 nitrogen and oxygen atoms in total. The Morgan fingerprint density at radius 1 is 1.53 bits per heavy atom. The molecule has 1 atom stereocenters. The number of nitrogens with one attached hydrogen (secondary N) is 2. The van der Waals surface area contributed by atoms with E-state index in [1.807, 2.05) is 26.0 Å². The van der Waals surface area contributed by atoms with Crippen LogP contribution in [0.2, 0.25) is 0 Å². The molecule has 1 aromatic rings. The van der Waals surface area contributed by atoms with E-state index in [9.17, 15) is 9.59 Å². The van der Waals surface area contributed by atoms with E-state index < -0.39 is 6.04 Å². The minimum atomic E-state index is -0.413. The molecule has 1 aromatic heterocycles. The second kappa shape index (κ2) is 6.16. The Kier molecular flexibility index (Phi) is 4.55. The largest absolute Gasteiger partial charge is 0.355 e. The highest BCUT2D eigenvalue weighted by Crippen LogP contribution is 2.19. The molecule has 2 heterocycles. The number of amides is 2. The van der Waals surface area contributed by atoms with Gasteiger partial charge in [-0.25, -0.2) is 0 Å². The zero-order chi connectivity index (χ0) is 13.8.